The number of benzene rings is 3. The first kappa shape index (κ1) is 27.2. The molecule has 0 aliphatic rings. The van der Waals surface area contributed by atoms with Crippen molar-refractivity contribution in [2.45, 2.75) is 38.1 Å². The zero-order chi connectivity index (χ0) is 26.6. The van der Waals surface area contributed by atoms with Crippen LogP contribution in [0.2, 0.25) is 0 Å². The second-order valence-electron chi connectivity index (χ2n) is 8.46. The van der Waals surface area contributed by atoms with E-state index in [2.05, 4.69) is 27.5 Å². The number of amides is 2. The van der Waals surface area contributed by atoms with Gasteiger partial charge in [0.25, 0.3) is 12.3 Å². The summed E-state index contributed by atoms with van der Waals surface area (Å²) in [4.78, 5) is 36.4. The molecule has 0 saturated heterocycles. The maximum absolute atomic E-state index is 13.3. The Morgan fingerprint density at radius 2 is 1.59 bits per heavy atom. The molecule has 0 aliphatic heterocycles. The molecule has 4 N–H and O–H groups in total. The van der Waals surface area contributed by atoms with E-state index in [1.165, 1.54) is 23.8 Å². The zero-order valence-electron chi connectivity index (χ0n) is 20.2. The van der Waals surface area contributed by atoms with E-state index in [-0.39, 0.29) is 23.8 Å². The Hall–Kier alpha value is -4.40. The van der Waals surface area contributed by atoms with Gasteiger partial charge in [-0.2, -0.15) is 4.39 Å². The van der Waals surface area contributed by atoms with E-state index in [1.54, 1.807) is 30.3 Å². The summed E-state index contributed by atoms with van der Waals surface area (Å²) in [6.07, 6.45) is -0.0138. The van der Waals surface area contributed by atoms with Crippen molar-refractivity contribution < 1.29 is 28.6 Å². The highest BCUT2D eigenvalue weighted by atomic mass is 19.1. The lowest BCUT2D eigenvalue weighted by atomic mass is 10.0. The molecule has 3 aromatic carbocycles. The van der Waals surface area contributed by atoms with Crippen LogP contribution in [0.5, 0.6) is 5.75 Å². The van der Waals surface area contributed by atoms with Crippen molar-refractivity contribution in [3.05, 3.63) is 95.6 Å². The predicted octanol–water partition coefficient (Wildman–Crippen LogP) is 2.17. The highest BCUT2D eigenvalue weighted by molar-refractivity contribution is 5.97. The summed E-state index contributed by atoms with van der Waals surface area (Å²) in [5, 5.41) is 16.2. The number of ether oxygens (including phenoxy) is 1. The SMILES string of the molecule is Nc1cc(C[C@H](NC(=O)c2ccccc2)C(=O)NCCCCc2ccccc2)ccc1OC(F)C(=O)[O-]. The van der Waals surface area contributed by atoms with Crippen LogP contribution in [0.4, 0.5) is 10.1 Å². The summed E-state index contributed by atoms with van der Waals surface area (Å²) < 4.78 is 18.0. The summed E-state index contributed by atoms with van der Waals surface area (Å²) in [5.41, 5.74) is 8.06. The van der Waals surface area contributed by atoms with Gasteiger partial charge >= 0.3 is 0 Å². The molecule has 0 aliphatic carbocycles. The number of hydrogen-bond acceptors (Lipinski definition) is 6. The van der Waals surface area contributed by atoms with Crippen LogP contribution in [0, 0.1) is 0 Å². The van der Waals surface area contributed by atoms with Gasteiger partial charge in [-0.1, -0.05) is 54.6 Å². The van der Waals surface area contributed by atoms with Crippen LogP contribution < -0.4 is 26.2 Å². The lowest BCUT2D eigenvalue weighted by Crippen LogP contribution is -2.48. The number of nitrogens with two attached hydrogens (primary N) is 1. The first-order chi connectivity index (χ1) is 17.8. The number of carboxylic acid groups (broad SMARTS) is 1. The molecule has 2 atom stereocenters. The number of rotatable bonds is 13. The molecule has 0 fully saturated rings. The second kappa shape index (κ2) is 13.6. The van der Waals surface area contributed by atoms with Crippen LogP contribution in [0.3, 0.4) is 0 Å². The van der Waals surface area contributed by atoms with Gasteiger partial charge in [-0.3, -0.25) is 9.59 Å². The third kappa shape index (κ3) is 8.64. The third-order valence-electron chi connectivity index (χ3n) is 5.62. The maximum Gasteiger partial charge on any atom is 0.278 e. The van der Waals surface area contributed by atoms with Gasteiger partial charge in [-0.15, -0.1) is 0 Å². The van der Waals surface area contributed by atoms with E-state index >= 15 is 0 Å². The van der Waals surface area contributed by atoms with Gasteiger partial charge in [0.15, 0.2) is 0 Å². The average molecular weight is 507 g/mol. The fourth-order valence-corrected chi connectivity index (χ4v) is 3.70. The maximum atomic E-state index is 13.3. The van der Waals surface area contributed by atoms with Crippen LogP contribution in [-0.4, -0.2) is 36.7 Å². The fraction of sp³-hybridized carbons (Fsp3) is 0.250. The number of alkyl halides is 1. The molecule has 3 aromatic rings. The standard InChI is InChI=1S/C28H30FN3O5/c29-25(28(35)36)37-24-15-14-20(17-22(24)30)18-23(32-26(33)21-12-5-2-6-13-21)27(34)31-16-8-7-11-19-9-3-1-4-10-19/h1-6,9-10,12-15,17,23,25H,7-8,11,16,18,30H2,(H,31,34)(H,32,33)(H,35,36)/p-1/t23-,25?/m0/s1. The summed E-state index contributed by atoms with van der Waals surface area (Å²) in [6.45, 7) is 0.444. The van der Waals surface area contributed by atoms with Gasteiger partial charge in [-0.25, -0.2) is 0 Å². The van der Waals surface area contributed by atoms with E-state index in [9.17, 15) is 23.9 Å². The van der Waals surface area contributed by atoms with E-state index in [0.29, 0.717) is 17.7 Å². The Labute approximate surface area is 214 Å². The number of nitrogens with one attached hydrogen (secondary N) is 2. The number of aliphatic carboxylic acids is 1. The molecule has 37 heavy (non-hydrogen) atoms. The molecule has 0 bridgehead atoms. The average Bonchev–Trinajstić information content (AvgIpc) is 2.90. The number of carbonyl (C=O) groups is 3. The summed E-state index contributed by atoms with van der Waals surface area (Å²) in [7, 11) is 0. The number of carboxylic acids is 1. The third-order valence-corrected chi connectivity index (χ3v) is 5.62. The topological polar surface area (TPSA) is 134 Å². The minimum atomic E-state index is -2.67. The van der Waals surface area contributed by atoms with E-state index in [4.69, 9.17) is 5.73 Å². The van der Waals surface area contributed by atoms with Crippen LogP contribution in [0.25, 0.3) is 0 Å². The van der Waals surface area contributed by atoms with Gasteiger partial charge < -0.3 is 31.0 Å². The normalized spacial score (nSPS) is 12.2. The molecule has 0 aromatic heterocycles. The molecule has 0 heterocycles. The predicted molar refractivity (Wildman–Crippen MR) is 135 cm³/mol. The van der Waals surface area contributed by atoms with E-state index in [0.717, 1.165) is 19.3 Å². The Bertz CT molecular complexity index is 1190. The number of unbranched alkanes of at least 4 members (excludes halogenated alkanes) is 1. The molecule has 3 rings (SSSR count). The quantitative estimate of drug-likeness (QED) is 0.240. The highest BCUT2D eigenvalue weighted by Crippen LogP contribution is 2.24. The van der Waals surface area contributed by atoms with Gasteiger partial charge in [-0.05, 0) is 54.7 Å². The van der Waals surface area contributed by atoms with Crippen molar-refractivity contribution in [2.75, 3.05) is 12.3 Å². The molecular weight excluding hydrogens is 477 g/mol. The molecule has 0 saturated carbocycles. The summed E-state index contributed by atoms with van der Waals surface area (Å²) in [6, 6.07) is 21.9. The van der Waals surface area contributed by atoms with Gasteiger partial charge in [0.1, 0.15) is 17.8 Å². The highest BCUT2D eigenvalue weighted by Gasteiger charge is 2.22. The Kier molecular flexibility index (Phi) is 10.0. The van der Waals surface area contributed by atoms with Crippen molar-refractivity contribution in [3.8, 4) is 5.75 Å². The van der Waals surface area contributed by atoms with Crippen molar-refractivity contribution in [1.82, 2.24) is 10.6 Å². The second-order valence-corrected chi connectivity index (χ2v) is 8.46. The van der Waals surface area contributed by atoms with Crippen LogP contribution >= 0.6 is 0 Å². The number of hydrogen-bond donors (Lipinski definition) is 3. The Balaban J connectivity index is 1.63. The largest absolute Gasteiger partial charge is 0.543 e. The number of anilines is 1. The first-order valence-electron chi connectivity index (χ1n) is 11.9. The summed E-state index contributed by atoms with van der Waals surface area (Å²) in [5.74, 6) is -2.96. The number of halogens is 1. The molecule has 1 unspecified atom stereocenters. The smallest absolute Gasteiger partial charge is 0.278 e. The van der Waals surface area contributed by atoms with Crippen molar-refractivity contribution in [1.29, 1.82) is 0 Å². The summed E-state index contributed by atoms with van der Waals surface area (Å²) >= 11 is 0. The Morgan fingerprint density at radius 1 is 0.919 bits per heavy atom. The lowest BCUT2D eigenvalue weighted by Gasteiger charge is -2.20. The zero-order valence-corrected chi connectivity index (χ0v) is 20.2. The molecule has 9 heteroatoms. The first-order valence-corrected chi connectivity index (χ1v) is 11.9. The van der Waals surface area contributed by atoms with Crippen LogP contribution in [-0.2, 0) is 22.4 Å². The lowest BCUT2D eigenvalue weighted by molar-refractivity contribution is -0.320. The minimum absolute atomic E-state index is 0.0177. The number of aryl methyl sites for hydroxylation is 1. The van der Waals surface area contributed by atoms with Crippen LogP contribution in [0.1, 0.15) is 34.3 Å². The van der Waals surface area contributed by atoms with Crippen LogP contribution in [0.15, 0.2) is 78.9 Å². The monoisotopic (exact) mass is 506 g/mol. The van der Waals surface area contributed by atoms with Gasteiger partial charge in [0, 0.05) is 18.5 Å². The Morgan fingerprint density at radius 3 is 2.24 bits per heavy atom. The van der Waals surface area contributed by atoms with E-state index < -0.39 is 24.3 Å². The number of nitrogen functional groups attached to an aromatic ring is 1. The van der Waals surface area contributed by atoms with Crippen molar-refractivity contribution in [2.24, 2.45) is 0 Å². The van der Waals surface area contributed by atoms with E-state index in [1.807, 2.05) is 18.2 Å². The molecule has 8 nitrogen and oxygen atoms in total. The van der Waals surface area contributed by atoms with Crippen molar-refractivity contribution in [3.63, 3.8) is 0 Å². The van der Waals surface area contributed by atoms with Crippen molar-refractivity contribution >= 4 is 23.5 Å². The van der Waals surface area contributed by atoms with Gasteiger partial charge in [0.05, 0.1) is 5.69 Å². The fourth-order valence-electron chi connectivity index (χ4n) is 3.70. The molecule has 194 valence electrons. The van der Waals surface area contributed by atoms with Gasteiger partial charge in [0.2, 0.25) is 5.91 Å². The molecule has 2 amide bonds. The minimum Gasteiger partial charge on any atom is -0.543 e. The number of carbonyl (C=O) groups excluding carboxylic acids is 3. The molecule has 0 spiro atoms. The molecule has 0 radical (unpaired) electrons. The molecular formula is C28H29FN3O5-.